The van der Waals surface area contributed by atoms with Crippen LogP contribution in [0.25, 0.3) is 0 Å². The van der Waals surface area contributed by atoms with Crippen LogP contribution in [0.2, 0.25) is 0 Å². The molecule has 2 heterocycles. The minimum Gasteiger partial charge on any atom is -0.368 e. The van der Waals surface area contributed by atoms with Crippen molar-refractivity contribution in [1.29, 1.82) is 5.26 Å². The maximum atomic E-state index is 11.8. The second-order valence-corrected chi connectivity index (χ2v) is 7.75. The highest BCUT2D eigenvalue weighted by molar-refractivity contribution is 5.77. The highest BCUT2D eigenvalue weighted by Gasteiger charge is 2.47. The molecule has 1 aliphatic rings. The average Bonchev–Trinajstić information content (AvgIpc) is 3.42. The highest BCUT2D eigenvalue weighted by Crippen LogP contribution is 2.37. The molecule has 1 fully saturated rings. The van der Waals surface area contributed by atoms with Gasteiger partial charge in [0.05, 0.1) is 24.9 Å². The standard InChI is InChI=1S/C26H26N2O4/c1-2-23-24(30-17-19-9-5-3-6-10-19)25(31-18-20-11-7-4-8-12-20)26(32-23)28-14-13-21(15-27)22(28)16-29/h3-14,16,23-26H,2,17-18H2,1H3. The third-order valence-electron chi connectivity index (χ3n) is 5.72. The molecule has 0 radical (unpaired) electrons. The third-order valence-corrected chi connectivity index (χ3v) is 5.72. The summed E-state index contributed by atoms with van der Waals surface area (Å²) in [6, 6.07) is 23.6. The van der Waals surface area contributed by atoms with Crippen molar-refractivity contribution in [2.75, 3.05) is 0 Å². The maximum absolute atomic E-state index is 11.8. The van der Waals surface area contributed by atoms with Crippen molar-refractivity contribution in [3.8, 4) is 6.07 Å². The number of benzene rings is 2. The Bertz CT molecular complexity index is 1060. The van der Waals surface area contributed by atoms with Gasteiger partial charge in [0.1, 0.15) is 24.0 Å². The van der Waals surface area contributed by atoms with Crippen molar-refractivity contribution >= 4 is 6.29 Å². The molecule has 6 nitrogen and oxygen atoms in total. The SMILES string of the molecule is CCC1OC(n2ccc(C#N)c2C=O)C(OCc2ccccc2)C1OCc1ccccc1. The molecule has 6 heteroatoms. The third kappa shape index (κ3) is 4.66. The Kier molecular flexibility index (Phi) is 7.13. The Balaban J connectivity index is 1.62. The van der Waals surface area contributed by atoms with E-state index in [1.807, 2.05) is 67.6 Å². The van der Waals surface area contributed by atoms with Gasteiger partial charge in [-0.05, 0) is 23.6 Å². The minimum absolute atomic E-state index is 0.211. The summed E-state index contributed by atoms with van der Waals surface area (Å²) in [4.78, 5) is 11.8. The predicted molar refractivity (Wildman–Crippen MR) is 119 cm³/mol. The normalized spacial score (nSPS) is 22.5. The van der Waals surface area contributed by atoms with E-state index in [4.69, 9.17) is 14.2 Å². The lowest BCUT2D eigenvalue weighted by Crippen LogP contribution is -2.36. The van der Waals surface area contributed by atoms with Crippen LogP contribution in [0.5, 0.6) is 0 Å². The molecule has 1 aromatic heterocycles. The topological polar surface area (TPSA) is 73.5 Å². The Morgan fingerprint density at radius 2 is 1.56 bits per heavy atom. The van der Waals surface area contributed by atoms with E-state index in [9.17, 15) is 10.1 Å². The van der Waals surface area contributed by atoms with Gasteiger partial charge in [-0.2, -0.15) is 5.26 Å². The van der Waals surface area contributed by atoms with E-state index in [0.29, 0.717) is 25.1 Å². The van der Waals surface area contributed by atoms with Crippen molar-refractivity contribution in [3.05, 3.63) is 95.3 Å². The van der Waals surface area contributed by atoms with Gasteiger partial charge in [0.15, 0.2) is 12.5 Å². The molecule has 3 aromatic rings. The van der Waals surface area contributed by atoms with E-state index in [2.05, 4.69) is 6.07 Å². The lowest BCUT2D eigenvalue weighted by molar-refractivity contribution is -0.0903. The fourth-order valence-electron chi connectivity index (χ4n) is 4.07. The Labute approximate surface area is 188 Å². The first-order chi connectivity index (χ1) is 15.7. The van der Waals surface area contributed by atoms with E-state index >= 15 is 0 Å². The zero-order chi connectivity index (χ0) is 22.3. The molecular formula is C26H26N2O4. The molecule has 2 aromatic carbocycles. The summed E-state index contributed by atoms with van der Waals surface area (Å²) in [5, 5.41) is 9.37. The first-order valence-electron chi connectivity index (χ1n) is 10.8. The summed E-state index contributed by atoms with van der Waals surface area (Å²) in [6.07, 6.45) is 1.55. The van der Waals surface area contributed by atoms with Crippen molar-refractivity contribution in [2.24, 2.45) is 0 Å². The van der Waals surface area contributed by atoms with Gasteiger partial charge < -0.3 is 18.8 Å². The van der Waals surface area contributed by atoms with Gasteiger partial charge in [-0.15, -0.1) is 0 Å². The van der Waals surface area contributed by atoms with Gasteiger partial charge in [-0.25, -0.2) is 0 Å². The Morgan fingerprint density at radius 1 is 0.969 bits per heavy atom. The van der Waals surface area contributed by atoms with E-state index in [0.717, 1.165) is 17.5 Å². The van der Waals surface area contributed by atoms with E-state index in [-0.39, 0.29) is 17.9 Å². The molecule has 0 amide bonds. The number of nitrogens with zero attached hydrogens (tertiary/aromatic N) is 2. The molecule has 0 N–H and O–H groups in total. The summed E-state index contributed by atoms with van der Waals surface area (Å²) >= 11 is 0. The van der Waals surface area contributed by atoms with Crippen LogP contribution in [0.15, 0.2) is 72.9 Å². The van der Waals surface area contributed by atoms with Crippen LogP contribution in [-0.2, 0) is 27.4 Å². The molecule has 4 rings (SSSR count). The molecule has 0 saturated carbocycles. The van der Waals surface area contributed by atoms with Gasteiger partial charge in [-0.1, -0.05) is 67.6 Å². The maximum Gasteiger partial charge on any atom is 0.167 e. The van der Waals surface area contributed by atoms with Crippen molar-refractivity contribution in [3.63, 3.8) is 0 Å². The summed E-state index contributed by atoms with van der Waals surface area (Å²) in [5.41, 5.74) is 2.69. The number of ether oxygens (including phenoxy) is 3. The molecule has 4 atom stereocenters. The average molecular weight is 431 g/mol. The van der Waals surface area contributed by atoms with Gasteiger partial charge in [0, 0.05) is 6.20 Å². The smallest absolute Gasteiger partial charge is 0.167 e. The van der Waals surface area contributed by atoms with Crippen LogP contribution in [-0.4, -0.2) is 29.2 Å². The number of nitriles is 1. The first-order valence-corrected chi connectivity index (χ1v) is 10.8. The zero-order valence-electron chi connectivity index (χ0n) is 18.0. The predicted octanol–water partition coefficient (Wildman–Crippen LogP) is 4.65. The summed E-state index contributed by atoms with van der Waals surface area (Å²) in [7, 11) is 0. The van der Waals surface area contributed by atoms with Gasteiger partial charge in [0.25, 0.3) is 0 Å². The van der Waals surface area contributed by atoms with Crippen LogP contribution in [0.3, 0.4) is 0 Å². The van der Waals surface area contributed by atoms with Crippen LogP contribution < -0.4 is 0 Å². The highest BCUT2D eigenvalue weighted by atomic mass is 16.6. The minimum atomic E-state index is -0.577. The number of carbonyl (C=O) groups excluding carboxylic acids is 1. The fourth-order valence-corrected chi connectivity index (χ4v) is 4.07. The number of carbonyl (C=O) groups is 1. The molecule has 0 aliphatic carbocycles. The number of aromatic nitrogens is 1. The molecule has 0 spiro atoms. The van der Waals surface area contributed by atoms with Crippen LogP contribution in [0.4, 0.5) is 0 Å². The van der Waals surface area contributed by atoms with Crippen LogP contribution in [0.1, 0.15) is 46.8 Å². The number of hydrogen-bond acceptors (Lipinski definition) is 5. The van der Waals surface area contributed by atoms with Crippen molar-refractivity contribution < 1.29 is 19.0 Å². The van der Waals surface area contributed by atoms with E-state index in [1.54, 1.807) is 16.8 Å². The first kappa shape index (κ1) is 22.0. The van der Waals surface area contributed by atoms with E-state index < -0.39 is 12.3 Å². The van der Waals surface area contributed by atoms with Crippen molar-refractivity contribution in [2.45, 2.75) is 51.1 Å². The second-order valence-electron chi connectivity index (χ2n) is 7.75. The molecule has 1 aliphatic heterocycles. The number of hydrogen-bond donors (Lipinski definition) is 0. The van der Waals surface area contributed by atoms with Crippen LogP contribution in [0, 0.1) is 11.3 Å². The lowest BCUT2D eigenvalue weighted by Gasteiger charge is -2.26. The molecular weight excluding hydrogens is 404 g/mol. The van der Waals surface area contributed by atoms with E-state index in [1.165, 1.54) is 0 Å². The number of rotatable bonds is 9. The molecule has 4 unspecified atom stereocenters. The second kappa shape index (κ2) is 10.4. The fraction of sp³-hybridized carbons (Fsp3) is 0.308. The molecule has 164 valence electrons. The molecule has 0 bridgehead atoms. The van der Waals surface area contributed by atoms with Gasteiger partial charge in [-0.3, -0.25) is 4.79 Å². The number of aldehydes is 1. The van der Waals surface area contributed by atoms with Gasteiger partial charge >= 0.3 is 0 Å². The van der Waals surface area contributed by atoms with Crippen LogP contribution >= 0.6 is 0 Å². The zero-order valence-corrected chi connectivity index (χ0v) is 18.0. The summed E-state index contributed by atoms with van der Waals surface area (Å²) in [5.74, 6) is 0. The lowest BCUT2D eigenvalue weighted by atomic mass is 10.1. The quantitative estimate of drug-likeness (QED) is 0.462. The summed E-state index contributed by atoms with van der Waals surface area (Å²) < 4.78 is 20.7. The molecule has 1 saturated heterocycles. The van der Waals surface area contributed by atoms with Gasteiger partial charge in [0.2, 0.25) is 0 Å². The van der Waals surface area contributed by atoms with Crippen molar-refractivity contribution in [1.82, 2.24) is 4.57 Å². The Morgan fingerprint density at radius 3 is 2.09 bits per heavy atom. The largest absolute Gasteiger partial charge is 0.368 e. The summed E-state index contributed by atoms with van der Waals surface area (Å²) in [6.45, 7) is 2.85. The monoisotopic (exact) mass is 430 g/mol. The Hall–Kier alpha value is -3.24. The molecule has 32 heavy (non-hydrogen) atoms.